The average Bonchev–Trinajstić information content (AvgIpc) is 3.28. The molecule has 0 radical (unpaired) electrons. The van der Waals surface area contributed by atoms with E-state index in [2.05, 4.69) is 15.2 Å². The van der Waals surface area contributed by atoms with E-state index in [1.54, 1.807) is 40.7 Å². The van der Waals surface area contributed by atoms with E-state index in [9.17, 15) is 9.59 Å². The Morgan fingerprint density at radius 2 is 2.00 bits per heavy atom. The standard InChI is InChI=1S/C26H24ClN7O4/c1-14-30-21-9-19(22-11-29-25(28)32-31-22)23(38-18-6-7-33-17(8-18)13-37-26(33)36)10-20(21)24(35)34(14)12-15-2-4-16(27)5-3-15/h2-5,9-11,17-18H,6-8,12-13H2,1H3,(H2,28,29,32)/t17-,18-/m0/s1. The number of aryl methyl sites for hydroxylation is 1. The van der Waals surface area contributed by atoms with Crippen LogP contribution in [-0.2, 0) is 11.3 Å². The maximum Gasteiger partial charge on any atom is 0.410 e. The van der Waals surface area contributed by atoms with Crippen LogP contribution in [0.4, 0.5) is 10.7 Å². The SMILES string of the molecule is Cc1nc2cc(-c3cnc(N)nn3)c(O[C@H]3CCN4C(=O)OC[C@@H]4C3)cc2c(=O)n1Cc1ccc(Cl)cc1. The number of anilines is 1. The summed E-state index contributed by atoms with van der Waals surface area (Å²) >= 11 is 6.02. The summed E-state index contributed by atoms with van der Waals surface area (Å²) in [5.74, 6) is 1.08. The number of halogens is 1. The van der Waals surface area contributed by atoms with E-state index >= 15 is 0 Å². The van der Waals surface area contributed by atoms with Crippen LogP contribution >= 0.6 is 11.6 Å². The zero-order valence-corrected chi connectivity index (χ0v) is 21.3. The van der Waals surface area contributed by atoms with Crippen molar-refractivity contribution in [2.45, 2.75) is 38.5 Å². The number of amides is 1. The molecule has 0 bridgehead atoms. The minimum atomic E-state index is -0.286. The first-order chi connectivity index (χ1) is 18.4. The van der Waals surface area contributed by atoms with Gasteiger partial charge in [-0.2, -0.15) is 0 Å². The molecule has 2 atom stereocenters. The lowest BCUT2D eigenvalue weighted by Crippen LogP contribution is -2.44. The molecule has 2 N–H and O–H groups in total. The van der Waals surface area contributed by atoms with Crippen LogP contribution in [0.1, 0.15) is 24.2 Å². The molecule has 2 fully saturated rings. The van der Waals surface area contributed by atoms with Gasteiger partial charge in [0, 0.05) is 30.0 Å². The fourth-order valence-electron chi connectivity index (χ4n) is 4.97. The fourth-order valence-corrected chi connectivity index (χ4v) is 5.10. The molecule has 2 aromatic heterocycles. The van der Waals surface area contributed by atoms with E-state index in [0.717, 1.165) is 5.56 Å². The number of hydrogen-bond acceptors (Lipinski definition) is 9. The Balaban J connectivity index is 1.41. The van der Waals surface area contributed by atoms with Crippen LogP contribution in [0.2, 0.25) is 5.02 Å². The lowest BCUT2D eigenvalue weighted by Gasteiger charge is -2.33. The fraction of sp³-hybridized carbons (Fsp3) is 0.308. The number of rotatable bonds is 5. The highest BCUT2D eigenvalue weighted by molar-refractivity contribution is 6.30. The first-order valence-corrected chi connectivity index (χ1v) is 12.6. The van der Waals surface area contributed by atoms with Gasteiger partial charge in [-0.1, -0.05) is 23.7 Å². The quantitative estimate of drug-likeness (QED) is 0.409. The van der Waals surface area contributed by atoms with E-state index in [1.807, 2.05) is 12.1 Å². The second-order valence-corrected chi connectivity index (χ2v) is 9.87. The zero-order valence-electron chi connectivity index (χ0n) is 20.5. The second-order valence-electron chi connectivity index (χ2n) is 9.43. The number of fused-ring (bicyclic) bond motifs is 2. The number of cyclic esters (lactones) is 1. The third-order valence-electron chi connectivity index (χ3n) is 6.95. The third-order valence-corrected chi connectivity index (χ3v) is 7.20. The maximum absolute atomic E-state index is 13.7. The Morgan fingerprint density at radius 1 is 1.18 bits per heavy atom. The van der Waals surface area contributed by atoms with Crippen molar-refractivity contribution in [2.24, 2.45) is 0 Å². The lowest BCUT2D eigenvalue weighted by atomic mass is 10.0. The van der Waals surface area contributed by atoms with Crippen molar-refractivity contribution in [1.29, 1.82) is 0 Å². The van der Waals surface area contributed by atoms with E-state index in [4.69, 9.17) is 31.8 Å². The van der Waals surface area contributed by atoms with Gasteiger partial charge < -0.3 is 20.1 Å². The first-order valence-electron chi connectivity index (χ1n) is 12.2. The molecule has 4 aromatic rings. The van der Waals surface area contributed by atoms with Crippen LogP contribution in [0.5, 0.6) is 5.75 Å². The summed E-state index contributed by atoms with van der Waals surface area (Å²) < 4.78 is 13.3. The lowest BCUT2D eigenvalue weighted by molar-refractivity contribution is 0.0940. The first kappa shape index (κ1) is 24.1. The van der Waals surface area contributed by atoms with Crippen molar-refractivity contribution in [1.82, 2.24) is 29.6 Å². The number of nitrogens with two attached hydrogens (primary N) is 1. The van der Waals surface area contributed by atoms with Crippen LogP contribution < -0.4 is 16.0 Å². The van der Waals surface area contributed by atoms with Gasteiger partial charge in [0.2, 0.25) is 5.95 Å². The largest absolute Gasteiger partial charge is 0.490 e. The van der Waals surface area contributed by atoms with Crippen LogP contribution in [0, 0.1) is 6.92 Å². The number of piperidine rings is 1. The van der Waals surface area contributed by atoms with Crippen LogP contribution in [-0.4, -0.2) is 61.0 Å². The van der Waals surface area contributed by atoms with E-state index < -0.39 is 0 Å². The van der Waals surface area contributed by atoms with E-state index in [1.165, 1.54) is 6.20 Å². The number of ether oxygens (including phenoxy) is 2. The highest BCUT2D eigenvalue weighted by Gasteiger charge is 2.39. The summed E-state index contributed by atoms with van der Waals surface area (Å²) in [5, 5.41) is 9.11. The zero-order chi connectivity index (χ0) is 26.4. The summed E-state index contributed by atoms with van der Waals surface area (Å²) in [7, 11) is 0. The molecule has 38 heavy (non-hydrogen) atoms. The summed E-state index contributed by atoms with van der Waals surface area (Å²) in [6.07, 6.45) is 2.28. The summed E-state index contributed by atoms with van der Waals surface area (Å²) in [6, 6.07) is 10.8. The second kappa shape index (κ2) is 9.56. The van der Waals surface area contributed by atoms with Crippen LogP contribution in [0.15, 0.2) is 47.4 Å². The van der Waals surface area contributed by atoms with Gasteiger partial charge in [0.1, 0.15) is 30.0 Å². The minimum absolute atomic E-state index is 0.0379. The molecule has 2 aliphatic rings. The van der Waals surface area contributed by atoms with Crippen molar-refractivity contribution >= 4 is 34.5 Å². The van der Waals surface area contributed by atoms with Crippen molar-refractivity contribution in [2.75, 3.05) is 18.9 Å². The molecule has 1 amide bonds. The van der Waals surface area contributed by atoms with Gasteiger partial charge in [0.15, 0.2) is 0 Å². The number of carbonyl (C=O) groups excluding carboxylic acids is 1. The Labute approximate surface area is 222 Å². The number of nitrogens with zero attached hydrogens (tertiary/aromatic N) is 6. The van der Waals surface area contributed by atoms with Gasteiger partial charge in [-0.05, 0) is 36.8 Å². The average molecular weight is 534 g/mol. The van der Waals surface area contributed by atoms with Gasteiger partial charge in [-0.25, -0.2) is 14.8 Å². The number of carbonyl (C=O) groups is 1. The van der Waals surface area contributed by atoms with Gasteiger partial charge in [-0.3, -0.25) is 9.36 Å². The van der Waals surface area contributed by atoms with Crippen LogP contribution in [0.25, 0.3) is 22.2 Å². The van der Waals surface area contributed by atoms with E-state index in [0.29, 0.717) is 71.3 Å². The van der Waals surface area contributed by atoms with Gasteiger partial charge in [0.25, 0.3) is 5.56 Å². The Bertz CT molecular complexity index is 1590. The minimum Gasteiger partial charge on any atom is -0.490 e. The molecule has 2 aliphatic heterocycles. The molecule has 0 unspecified atom stereocenters. The predicted octanol–water partition coefficient (Wildman–Crippen LogP) is 3.20. The van der Waals surface area contributed by atoms with Gasteiger partial charge >= 0.3 is 6.09 Å². The predicted molar refractivity (Wildman–Crippen MR) is 140 cm³/mol. The molecule has 6 rings (SSSR count). The van der Waals surface area contributed by atoms with Crippen molar-refractivity contribution < 1.29 is 14.3 Å². The van der Waals surface area contributed by atoms with Crippen molar-refractivity contribution in [3.8, 4) is 17.0 Å². The summed E-state index contributed by atoms with van der Waals surface area (Å²) in [4.78, 5) is 36.1. The maximum atomic E-state index is 13.7. The molecule has 0 aliphatic carbocycles. The smallest absolute Gasteiger partial charge is 0.410 e. The third kappa shape index (κ3) is 4.49. The van der Waals surface area contributed by atoms with Crippen molar-refractivity contribution in [3.63, 3.8) is 0 Å². The Morgan fingerprint density at radius 3 is 2.76 bits per heavy atom. The molecule has 2 saturated heterocycles. The monoisotopic (exact) mass is 533 g/mol. The Kier molecular flexibility index (Phi) is 6.07. The molecule has 11 nitrogen and oxygen atoms in total. The number of hydrogen-bond donors (Lipinski definition) is 1. The molecule has 194 valence electrons. The van der Waals surface area contributed by atoms with Crippen molar-refractivity contribution in [3.05, 3.63) is 69.4 Å². The molecule has 12 heteroatoms. The molecule has 2 aromatic carbocycles. The molecule has 0 saturated carbocycles. The molecule has 0 spiro atoms. The van der Waals surface area contributed by atoms with Crippen LogP contribution in [0.3, 0.4) is 0 Å². The summed E-state index contributed by atoms with van der Waals surface area (Å²) in [6.45, 7) is 3.03. The molecular weight excluding hydrogens is 510 g/mol. The number of aromatic nitrogens is 5. The van der Waals surface area contributed by atoms with E-state index in [-0.39, 0.29) is 29.7 Å². The topological polar surface area (TPSA) is 138 Å². The number of nitrogen functional groups attached to an aromatic ring is 1. The highest BCUT2D eigenvalue weighted by atomic mass is 35.5. The van der Waals surface area contributed by atoms with Gasteiger partial charge in [-0.15, -0.1) is 10.2 Å². The van der Waals surface area contributed by atoms with Gasteiger partial charge in [0.05, 0.1) is 29.7 Å². The molecule has 4 heterocycles. The summed E-state index contributed by atoms with van der Waals surface area (Å²) in [5.41, 5.74) is 7.93. The normalized spacial score (nSPS) is 18.9. The Hall–Kier alpha value is -4.25. The molecular formula is C26H24ClN7O4. The number of benzene rings is 2. The highest BCUT2D eigenvalue weighted by Crippen LogP contribution is 2.35.